The Kier molecular flexibility index (Phi) is 5.00. The lowest BCUT2D eigenvalue weighted by Gasteiger charge is -2.14. The van der Waals surface area contributed by atoms with E-state index in [1.165, 1.54) is 5.56 Å². The monoisotopic (exact) mass is 327 g/mol. The zero-order chi connectivity index (χ0) is 17.1. The number of nitrogens with one attached hydrogen (secondary N) is 1. The quantitative estimate of drug-likeness (QED) is 0.917. The van der Waals surface area contributed by atoms with Crippen molar-refractivity contribution in [1.29, 1.82) is 0 Å². The Bertz CT molecular complexity index is 723. The molecule has 128 valence electrons. The topological polar surface area (TPSA) is 58.4 Å². The number of carbonyl (C=O) groups excluding carboxylic acids is 1. The maximum atomic E-state index is 12.3. The minimum absolute atomic E-state index is 0.0161. The molecule has 0 spiro atoms. The molecule has 1 N–H and O–H groups in total. The lowest BCUT2D eigenvalue weighted by Crippen LogP contribution is -2.31. The Hall–Kier alpha value is -2.14. The highest BCUT2D eigenvalue weighted by Gasteiger charge is 2.24. The number of amides is 1. The van der Waals surface area contributed by atoms with Crippen molar-refractivity contribution in [1.82, 2.24) is 15.4 Å². The first-order chi connectivity index (χ1) is 11.5. The summed E-state index contributed by atoms with van der Waals surface area (Å²) in [6.45, 7) is 9.55. The summed E-state index contributed by atoms with van der Waals surface area (Å²) >= 11 is 0. The first-order valence-corrected chi connectivity index (χ1v) is 8.51. The Balaban J connectivity index is 1.47. The summed E-state index contributed by atoms with van der Waals surface area (Å²) in [7, 11) is 0. The number of nitrogens with zero attached hydrogens (tertiary/aromatic N) is 2. The van der Waals surface area contributed by atoms with E-state index in [1.54, 1.807) is 0 Å². The van der Waals surface area contributed by atoms with E-state index >= 15 is 0 Å². The zero-order valence-corrected chi connectivity index (χ0v) is 14.6. The van der Waals surface area contributed by atoms with Crippen molar-refractivity contribution in [3.8, 4) is 0 Å². The molecule has 1 saturated heterocycles. The molecule has 1 aromatic carbocycles. The van der Waals surface area contributed by atoms with Gasteiger partial charge in [-0.1, -0.05) is 11.2 Å². The lowest BCUT2D eigenvalue weighted by molar-refractivity contribution is 0.0947. The average Bonchev–Trinajstić information content (AvgIpc) is 3.17. The van der Waals surface area contributed by atoms with Gasteiger partial charge in [0.05, 0.1) is 12.2 Å². The second kappa shape index (κ2) is 7.18. The minimum atomic E-state index is 0.0161. The molecule has 3 rings (SSSR count). The van der Waals surface area contributed by atoms with Gasteiger partial charge >= 0.3 is 0 Å². The second-order valence-electron chi connectivity index (χ2n) is 6.83. The molecule has 0 saturated carbocycles. The Morgan fingerprint density at radius 3 is 2.83 bits per heavy atom. The molecule has 0 bridgehead atoms. The van der Waals surface area contributed by atoms with Gasteiger partial charge in [-0.2, -0.15) is 0 Å². The largest absolute Gasteiger partial charge is 0.360 e. The fourth-order valence-corrected chi connectivity index (χ4v) is 3.16. The van der Waals surface area contributed by atoms with Crippen LogP contribution in [0.25, 0.3) is 0 Å². The van der Waals surface area contributed by atoms with Crippen LogP contribution >= 0.6 is 0 Å². The molecular weight excluding hydrogens is 302 g/mol. The maximum Gasteiger partial charge on any atom is 0.251 e. The van der Waals surface area contributed by atoms with Crippen molar-refractivity contribution in [2.24, 2.45) is 5.92 Å². The van der Waals surface area contributed by atoms with Crippen LogP contribution in [-0.4, -0.2) is 35.6 Å². The summed E-state index contributed by atoms with van der Waals surface area (Å²) in [4.78, 5) is 14.6. The van der Waals surface area contributed by atoms with Gasteiger partial charge in [0.1, 0.15) is 0 Å². The molecule has 1 fully saturated rings. The van der Waals surface area contributed by atoms with Gasteiger partial charge < -0.3 is 9.84 Å². The van der Waals surface area contributed by atoms with E-state index in [4.69, 9.17) is 4.52 Å². The molecule has 1 aliphatic rings. The van der Waals surface area contributed by atoms with Gasteiger partial charge in [-0.3, -0.25) is 9.69 Å². The molecular formula is C19H25N3O2. The number of aryl methyl sites for hydroxylation is 3. The van der Waals surface area contributed by atoms with Crippen LogP contribution in [0.2, 0.25) is 0 Å². The third-order valence-electron chi connectivity index (χ3n) is 4.75. The third-order valence-corrected chi connectivity index (χ3v) is 4.75. The fraction of sp³-hybridized carbons (Fsp3) is 0.474. The van der Waals surface area contributed by atoms with Crippen LogP contribution in [0.5, 0.6) is 0 Å². The molecule has 1 amide bonds. The summed E-state index contributed by atoms with van der Waals surface area (Å²) in [6.07, 6.45) is 1.10. The predicted molar refractivity (Wildman–Crippen MR) is 92.9 cm³/mol. The van der Waals surface area contributed by atoms with Crippen LogP contribution in [-0.2, 0) is 6.54 Å². The number of hydrogen-bond donors (Lipinski definition) is 1. The molecule has 0 unspecified atom stereocenters. The van der Waals surface area contributed by atoms with Gasteiger partial charge in [0.2, 0.25) is 0 Å². The van der Waals surface area contributed by atoms with Gasteiger partial charge in [-0.15, -0.1) is 0 Å². The Labute approximate surface area is 143 Å². The SMILES string of the molecule is Cc1cc(CN2CC[C@@H](CNC(=O)c3ccc(C)c(C)c3)C2)on1. The van der Waals surface area contributed by atoms with E-state index in [2.05, 4.69) is 22.3 Å². The number of hydrogen-bond acceptors (Lipinski definition) is 4. The van der Waals surface area contributed by atoms with Gasteiger partial charge in [-0.05, 0) is 62.9 Å². The highest BCUT2D eigenvalue weighted by atomic mass is 16.5. The van der Waals surface area contributed by atoms with E-state index in [0.717, 1.165) is 55.2 Å². The highest BCUT2D eigenvalue weighted by Crippen LogP contribution is 2.18. The average molecular weight is 327 g/mol. The molecule has 0 aliphatic carbocycles. The maximum absolute atomic E-state index is 12.3. The Morgan fingerprint density at radius 1 is 1.29 bits per heavy atom. The van der Waals surface area contributed by atoms with Gasteiger partial charge in [0.15, 0.2) is 5.76 Å². The molecule has 2 heterocycles. The molecule has 2 aromatic rings. The highest BCUT2D eigenvalue weighted by molar-refractivity contribution is 5.94. The number of aromatic nitrogens is 1. The van der Waals surface area contributed by atoms with Gasteiger partial charge in [0.25, 0.3) is 5.91 Å². The van der Waals surface area contributed by atoms with Crippen molar-refractivity contribution in [2.45, 2.75) is 33.7 Å². The number of benzene rings is 1. The Morgan fingerprint density at radius 2 is 2.12 bits per heavy atom. The third kappa shape index (κ3) is 4.03. The fourth-order valence-electron chi connectivity index (χ4n) is 3.16. The molecule has 1 atom stereocenters. The summed E-state index contributed by atoms with van der Waals surface area (Å²) in [5.74, 6) is 1.42. The lowest BCUT2D eigenvalue weighted by atomic mass is 10.1. The van der Waals surface area contributed by atoms with E-state index in [0.29, 0.717) is 5.92 Å². The van der Waals surface area contributed by atoms with Crippen molar-refractivity contribution in [3.63, 3.8) is 0 Å². The van der Waals surface area contributed by atoms with Crippen molar-refractivity contribution in [2.75, 3.05) is 19.6 Å². The number of rotatable bonds is 5. The van der Waals surface area contributed by atoms with Crippen LogP contribution in [0.15, 0.2) is 28.8 Å². The molecule has 0 radical (unpaired) electrons. The first-order valence-electron chi connectivity index (χ1n) is 8.51. The van der Waals surface area contributed by atoms with Crippen molar-refractivity contribution >= 4 is 5.91 Å². The van der Waals surface area contributed by atoms with Crippen molar-refractivity contribution in [3.05, 3.63) is 52.4 Å². The number of carbonyl (C=O) groups is 1. The number of likely N-dealkylation sites (tertiary alicyclic amines) is 1. The van der Waals surface area contributed by atoms with Crippen LogP contribution < -0.4 is 5.32 Å². The summed E-state index contributed by atoms with van der Waals surface area (Å²) in [5.41, 5.74) is 4.02. The predicted octanol–water partition coefficient (Wildman–Crippen LogP) is 2.85. The van der Waals surface area contributed by atoms with E-state index in [1.807, 2.05) is 38.1 Å². The van der Waals surface area contributed by atoms with E-state index in [-0.39, 0.29) is 5.91 Å². The van der Waals surface area contributed by atoms with Crippen LogP contribution in [0.1, 0.15) is 39.4 Å². The zero-order valence-electron chi connectivity index (χ0n) is 14.6. The van der Waals surface area contributed by atoms with Gasteiger partial charge in [-0.25, -0.2) is 0 Å². The molecule has 24 heavy (non-hydrogen) atoms. The van der Waals surface area contributed by atoms with Gasteiger partial charge in [0, 0.05) is 24.7 Å². The van der Waals surface area contributed by atoms with Crippen LogP contribution in [0.4, 0.5) is 0 Å². The molecule has 1 aliphatic heterocycles. The normalized spacial score (nSPS) is 18.0. The van der Waals surface area contributed by atoms with Crippen LogP contribution in [0, 0.1) is 26.7 Å². The van der Waals surface area contributed by atoms with E-state index in [9.17, 15) is 4.79 Å². The molecule has 1 aromatic heterocycles. The van der Waals surface area contributed by atoms with Crippen LogP contribution in [0.3, 0.4) is 0 Å². The first kappa shape index (κ1) is 16.7. The van der Waals surface area contributed by atoms with E-state index < -0.39 is 0 Å². The summed E-state index contributed by atoms with van der Waals surface area (Å²) in [5, 5.41) is 7.00. The molecule has 5 nitrogen and oxygen atoms in total. The summed E-state index contributed by atoms with van der Waals surface area (Å²) < 4.78 is 5.28. The smallest absolute Gasteiger partial charge is 0.251 e. The van der Waals surface area contributed by atoms with Crippen molar-refractivity contribution < 1.29 is 9.32 Å². The summed E-state index contributed by atoms with van der Waals surface area (Å²) in [6, 6.07) is 7.83. The second-order valence-corrected chi connectivity index (χ2v) is 6.83. The minimum Gasteiger partial charge on any atom is -0.360 e. The standard InChI is InChI=1S/C19H25N3O2/c1-13-4-5-17(8-14(13)2)19(23)20-10-16-6-7-22(11-16)12-18-9-15(3)21-24-18/h4-5,8-9,16H,6-7,10-12H2,1-3H3,(H,20,23)/t16-/m0/s1. The molecule has 5 heteroatoms.